The number of aromatic nitrogens is 1. The summed E-state index contributed by atoms with van der Waals surface area (Å²) < 4.78 is 43.8. The monoisotopic (exact) mass is 444 g/mol. The highest BCUT2D eigenvalue weighted by Gasteiger charge is 2.30. The molecule has 3 aromatic rings. The van der Waals surface area contributed by atoms with E-state index in [2.05, 4.69) is 35.1 Å². The summed E-state index contributed by atoms with van der Waals surface area (Å²) in [5.41, 5.74) is 1.67. The van der Waals surface area contributed by atoms with Gasteiger partial charge in [0, 0.05) is 22.9 Å². The van der Waals surface area contributed by atoms with Gasteiger partial charge in [0.2, 0.25) is 0 Å². The molecule has 0 radical (unpaired) electrons. The van der Waals surface area contributed by atoms with Crippen molar-refractivity contribution in [2.45, 2.75) is 45.2 Å². The number of fused-ring (bicyclic) bond motifs is 1. The number of halogens is 3. The van der Waals surface area contributed by atoms with Crippen LogP contribution in [0.5, 0.6) is 0 Å². The fraction of sp³-hybridized carbons (Fsp3) is 0.400. The Balaban J connectivity index is 1.61. The lowest BCUT2D eigenvalue weighted by Crippen LogP contribution is -2.20. The smallest absolute Gasteiger partial charge is 0.306 e. The molecule has 0 aliphatic heterocycles. The van der Waals surface area contributed by atoms with Crippen molar-refractivity contribution in [2.75, 3.05) is 20.1 Å². The van der Waals surface area contributed by atoms with Crippen LogP contribution in [0.1, 0.15) is 50.2 Å². The summed E-state index contributed by atoms with van der Waals surface area (Å²) in [6, 6.07) is 11.1. The first-order chi connectivity index (χ1) is 14.9. The molecule has 6 heteroatoms. The van der Waals surface area contributed by atoms with Crippen LogP contribution in [-0.4, -0.2) is 29.4 Å². The van der Waals surface area contributed by atoms with Gasteiger partial charge < -0.3 is 4.90 Å². The first-order valence-corrected chi connectivity index (χ1v) is 11.4. The minimum Gasteiger partial charge on any atom is -0.306 e. The number of nitrogens with zero attached hydrogens (tertiary/aromatic N) is 2. The summed E-state index contributed by atoms with van der Waals surface area (Å²) in [5.74, 6) is 6.47. The molecule has 0 saturated carbocycles. The highest BCUT2D eigenvalue weighted by atomic mass is 32.1. The molecule has 0 N–H and O–H groups in total. The molecule has 0 amide bonds. The Morgan fingerprint density at radius 1 is 1.00 bits per heavy atom. The largest absolute Gasteiger partial charge is 0.416 e. The van der Waals surface area contributed by atoms with E-state index in [-0.39, 0.29) is 0 Å². The molecule has 0 bridgehead atoms. The van der Waals surface area contributed by atoms with Gasteiger partial charge in [0.05, 0.1) is 16.0 Å². The molecule has 1 aromatic heterocycles. The van der Waals surface area contributed by atoms with Gasteiger partial charge in [0.15, 0.2) is 0 Å². The Bertz CT molecular complexity index is 1040. The second kappa shape index (κ2) is 10.8. The van der Waals surface area contributed by atoms with Crippen molar-refractivity contribution in [1.29, 1.82) is 0 Å². The second-order valence-electron chi connectivity index (χ2n) is 7.73. The predicted octanol–water partition coefficient (Wildman–Crippen LogP) is 7.24. The predicted molar refractivity (Wildman–Crippen MR) is 123 cm³/mol. The average Bonchev–Trinajstić information content (AvgIpc) is 3.16. The van der Waals surface area contributed by atoms with E-state index in [0.29, 0.717) is 11.3 Å². The molecule has 0 aliphatic carbocycles. The van der Waals surface area contributed by atoms with Crippen LogP contribution in [0, 0.1) is 11.8 Å². The molecule has 164 valence electrons. The lowest BCUT2D eigenvalue weighted by Gasteiger charge is -2.15. The van der Waals surface area contributed by atoms with Crippen molar-refractivity contribution >= 4 is 21.6 Å². The zero-order valence-electron chi connectivity index (χ0n) is 17.9. The Hall–Kier alpha value is -2.36. The summed E-state index contributed by atoms with van der Waals surface area (Å²) in [6.07, 6.45) is 1.36. The number of alkyl halides is 3. The minimum atomic E-state index is -4.33. The molecule has 0 atom stereocenters. The Kier molecular flexibility index (Phi) is 8.11. The van der Waals surface area contributed by atoms with Crippen molar-refractivity contribution in [3.8, 4) is 23.1 Å². The van der Waals surface area contributed by atoms with Crippen molar-refractivity contribution in [3.05, 3.63) is 53.6 Å². The van der Waals surface area contributed by atoms with Gasteiger partial charge in [0.25, 0.3) is 0 Å². The van der Waals surface area contributed by atoms with Gasteiger partial charge in [-0.1, -0.05) is 49.8 Å². The Morgan fingerprint density at radius 2 is 1.74 bits per heavy atom. The molecule has 0 spiro atoms. The summed E-state index contributed by atoms with van der Waals surface area (Å²) in [5, 5.41) is 0.934. The van der Waals surface area contributed by atoms with Crippen LogP contribution < -0.4 is 0 Å². The molecule has 0 aliphatic rings. The molecular weight excluding hydrogens is 417 g/mol. The third-order valence-corrected chi connectivity index (χ3v) is 5.98. The average molecular weight is 445 g/mol. The van der Waals surface area contributed by atoms with E-state index >= 15 is 0 Å². The highest BCUT2D eigenvalue weighted by Crippen LogP contribution is 2.34. The van der Waals surface area contributed by atoms with Crippen molar-refractivity contribution in [1.82, 2.24) is 9.27 Å². The Morgan fingerprint density at radius 3 is 2.45 bits per heavy atom. The molecule has 31 heavy (non-hydrogen) atoms. The van der Waals surface area contributed by atoms with Crippen LogP contribution in [0.4, 0.5) is 13.2 Å². The zero-order valence-corrected chi connectivity index (χ0v) is 18.7. The first-order valence-electron chi connectivity index (χ1n) is 10.6. The molecular formula is C25H27F3N2S. The van der Waals surface area contributed by atoms with Gasteiger partial charge in [-0.3, -0.25) is 0 Å². The number of hydrogen-bond donors (Lipinski definition) is 0. The lowest BCUT2D eigenvalue weighted by atomic mass is 10.0. The van der Waals surface area contributed by atoms with Gasteiger partial charge in [-0.2, -0.15) is 17.5 Å². The van der Waals surface area contributed by atoms with E-state index in [9.17, 15) is 13.2 Å². The molecule has 3 rings (SSSR count). The van der Waals surface area contributed by atoms with Crippen molar-refractivity contribution < 1.29 is 13.2 Å². The molecule has 0 fully saturated rings. The van der Waals surface area contributed by atoms with Crippen LogP contribution in [0.2, 0.25) is 0 Å². The van der Waals surface area contributed by atoms with Gasteiger partial charge in [-0.25, -0.2) is 0 Å². The van der Waals surface area contributed by atoms with Crippen LogP contribution in [0.15, 0.2) is 42.5 Å². The molecule has 2 aromatic carbocycles. The quantitative estimate of drug-likeness (QED) is 0.269. The summed E-state index contributed by atoms with van der Waals surface area (Å²) in [6.45, 7) is 4.42. The molecule has 0 saturated heterocycles. The first kappa shape index (κ1) is 23.3. The topological polar surface area (TPSA) is 16.1 Å². The fourth-order valence-corrected chi connectivity index (χ4v) is 4.22. The molecule has 1 heterocycles. The van der Waals surface area contributed by atoms with E-state index in [1.54, 1.807) is 0 Å². The SMILES string of the molecule is CCCCCN(C)CCCC#Cc1ccc2c(-c3ccc(C(F)(F)F)cc3)nsc2c1. The van der Waals surface area contributed by atoms with E-state index < -0.39 is 11.7 Å². The summed E-state index contributed by atoms with van der Waals surface area (Å²) in [7, 11) is 2.16. The molecule has 0 unspecified atom stereocenters. The second-order valence-corrected chi connectivity index (χ2v) is 8.54. The van der Waals surface area contributed by atoms with Gasteiger partial charge in [-0.05, 0) is 68.8 Å². The highest BCUT2D eigenvalue weighted by molar-refractivity contribution is 7.13. The Labute approximate surface area is 186 Å². The van der Waals surface area contributed by atoms with Crippen LogP contribution in [0.3, 0.4) is 0 Å². The number of unbranched alkanes of at least 4 members (excludes halogenated alkanes) is 3. The maximum Gasteiger partial charge on any atom is 0.416 e. The van der Waals surface area contributed by atoms with Gasteiger partial charge in [0.1, 0.15) is 0 Å². The van der Waals surface area contributed by atoms with E-state index in [0.717, 1.165) is 53.7 Å². The van der Waals surface area contributed by atoms with Crippen LogP contribution in [0.25, 0.3) is 21.3 Å². The van der Waals surface area contributed by atoms with Crippen LogP contribution in [-0.2, 0) is 6.18 Å². The normalized spacial score (nSPS) is 11.7. The third-order valence-electron chi connectivity index (χ3n) is 5.18. The van der Waals surface area contributed by atoms with Gasteiger partial charge in [-0.15, -0.1) is 0 Å². The van der Waals surface area contributed by atoms with Crippen LogP contribution >= 0.6 is 11.5 Å². The maximum absolute atomic E-state index is 12.8. The molecule has 2 nitrogen and oxygen atoms in total. The lowest BCUT2D eigenvalue weighted by molar-refractivity contribution is -0.137. The van der Waals surface area contributed by atoms with Gasteiger partial charge >= 0.3 is 6.18 Å². The standard InChI is InChI=1S/C25H27F3N2S/c1-3-4-7-16-30(2)17-8-5-6-9-19-10-15-22-23(18-19)31-29-24(22)20-11-13-21(14-12-20)25(26,27)28/h10-15,18H,3-5,7-8,16-17H2,1-2H3. The van der Waals surface area contributed by atoms with E-state index in [1.165, 1.54) is 42.9 Å². The zero-order chi connectivity index (χ0) is 22.3. The third kappa shape index (κ3) is 6.56. The van der Waals surface area contributed by atoms with E-state index in [1.807, 2.05) is 18.2 Å². The summed E-state index contributed by atoms with van der Waals surface area (Å²) in [4.78, 5) is 2.36. The number of rotatable bonds is 8. The number of hydrogen-bond acceptors (Lipinski definition) is 3. The minimum absolute atomic E-state index is 0.652. The summed E-state index contributed by atoms with van der Waals surface area (Å²) >= 11 is 1.34. The maximum atomic E-state index is 12.8. The van der Waals surface area contributed by atoms with Crippen molar-refractivity contribution in [3.63, 3.8) is 0 Å². The fourth-order valence-electron chi connectivity index (χ4n) is 3.39. The van der Waals surface area contributed by atoms with Crippen molar-refractivity contribution in [2.24, 2.45) is 0 Å². The number of benzene rings is 2. The van der Waals surface area contributed by atoms with E-state index in [4.69, 9.17) is 0 Å².